The third-order valence-corrected chi connectivity index (χ3v) is 8.43. The Kier molecular flexibility index (Phi) is 6.29. The molecule has 0 unspecified atom stereocenters. The van der Waals surface area contributed by atoms with Crippen LogP contribution < -0.4 is 0 Å². The minimum atomic E-state index is -4.04. The normalized spacial score (nSPS) is 15.0. The summed E-state index contributed by atoms with van der Waals surface area (Å²) in [5, 5.41) is 11.8. The maximum absolute atomic E-state index is 13.0. The number of halogens is 1. The van der Waals surface area contributed by atoms with Crippen LogP contribution >= 0.6 is 22.9 Å². The molecule has 0 N–H and O–H groups in total. The predicted octanol–water partition coefficient (Wildman–Crippen LogP) is 4.12. The van der Waals surface area contributed by atoms with Gasteiger partial charge in [-0.05, 0) is 35.9 Å². The number of carbonyl (C=O) groups is 1. The highest BCUT2D eigenvalue weighted by Crippen LogP contribution is 2.31. The molecule has 0 saturated carbocycles. The number of hydrogen-bond acceptors (Lipinski definition) is 6. The highest BCUT2D eigenvalue weighted by molar-refractivity contribution is 7.89. The van der Waals surface area contributed by atoms with Crippen molar-refractivity contribution in [2.75, 3.05) is 26.2 Å². The lowest BCUT2D eigenvalue weighted by Gasteiger charge is -2.33. The molecule has 1 saturated heterocycles. The number of nitro benzene ring substituents is 1. The average molecular weight is 492 g/mol. The van der Waals surface area contributed by atoms with Gasteiger partial charge in [-0.25, -0.2) is 8.42 Å². The summed E-state index contributed by atoms with van der Waals surface area (Å²) >= 11 is 7.39. The summed E-state index contributed by atoms with van der Waals surface area (Å²) in [6, 6.07) is 16.2. The van der Waals surface area contributed by atoms with Gasteiger partial charge in [0.1, 0.15) is 0 Å². The van der Waals surface area contributed by atoms with Crippen LogP contribution in [0.1, 0.15) is 9.67 Å². The first-order chi connectivity index (χ1) is 15.3. The van der Waals surface area contributed by atoms with E-state index in [1.54, 1.807) is 17.0 Å². The van der Waals surface area contributed by atoms with E-state index in [9.17, 15) is 23.3 Å². The largest absolute Gasteiger partial charge is 0.335 e. The number of nitrogens with zero attached hydrogens (tertiary/aromatic N) is 3. The molecule has 0 aliphatic carbocycles. The molecule has 1 fully saturated rings. The summed E-state index contributed by atoms with van der Waals surface area (Å²) in [6.45, 7) is 0.519. The van der Waals surface area contributed by atoms with Gasteiger partial charge in [-0.3, -0.25) is 14.9 Å². The number of thiophene rings is 1. The molecule has 0 bridgehead atoms. The van der Waals surface area contributed by atoms with Crippen molar-refractivity contribution in [3.05, 3.63) is 80.7 Å². The molecule has 3 aromatic rings. The van der Waals surface area contributed by atoms with Crippen molar-refractivity contribution in [1.82, 2.24) is 9.21 Å². The van der Waals surface area contributed by atoms with Crippen molar-refractivity contribution in [2.45, 2.75) is 4.90 Å². The molecule has 8 nitrogen and oxygen atoms in total. The Morgan fingerprint density at radius 2 is 1.72 bits per heavy atom. The molecule has 1 aliphatic rings. The molecule has 2 aromatic carbocycles. The molecule has 0 radical (unpaired) electrons. The number of para-hydroxylation sites is 1. The number of rotatable bonds is 5. The van der Waals surface area contributed by atoms with E-state index in [-0.39, 0.29) is 37.0 Å². The van der Waals surface area contributed by atoms with Crippen molar-refractivity contribution >= 4 is 44.6 Å². The molecule has 1 aromatic heterocycles. The molecule has 32 heavy (non-hydrogen) atoms. The first-order valence-corrected chi connectivity index (χ1v) is 12.3. The Morgan fingerprint density at radius 1 is 1.00 bits per heavy atom. The van der Waals surface area contributed by atoms with Gasteiger partial charge >= 0.3 is 0 Å². The SMILES string of the molecule is O=C(c1ccc(-c2cccc(Cl)c2)s1)N1CCN(S(=O)(=O)c2ccccc2[N+](=O)[O-])CC1. The van der Waals surface area contributed by atoms with E-state index < -0.39 is 20.6 Å². The summed E-state index contributed by atoms with van der Waals surface area (Å²) < 4.78 is 27.1. The lowest BCUT2D eigenvalue weighted by atomic mass is 10.2. The van der Waals surface area contributed by atoms with Gasteiger partial charge in [0.2, 0.25) is 10.0 Å². The second kappa shape index (κ2) is 8.99. The highest BCUT2D eigenvalue weighted by Gasteiger charge is 2.34. The second-order valence-electron chi connectivity index (χ2n) is 7.10. The fourth-order valence-corrected chi connectivity index (χ4v) is 6.24. The number of hydrogen-bond donors (Lipinski definition) is 0. The molecule has 166 valence electrons. The smallest absolute Gasteiger partial charge is 0.289 e. The van der Waals surface area contributed by atoms with Gasteiger partial charge < -0.3 is 4.90 Å². The van der Waals surface area contributed by atoms with E-state index >= 15 is 0 Å². The molecular weight excluding hydrogens is 474 g/mol. The van der Waals surface area contributed by atoms with Crippen molar-refractivity contribution < 1.29 is 18.1 Å². The van der Waals surface area contributed by atoms with Crippen molar-refractivity contribution in [3.63, 3.8) is 0 Å². The Labute approximate surface area is 193 Å². The Balaban J connectivity index is 1.46. The van der Waals surface area contributed by atoms with Gasteiger partial charge in [-0.2, -0.15) is 4.31 Å². The van der Waals surface area contributed by atoms with Gasteiger partial charge in [0, 0.05) is 42.1 Å². The molecule has 11 heteroatoms. The Morgan fingerprint density at radius 3 is 2.41 bits per heavy atom. The lowest BCUT2D eigenvalue weighted by molar-refractivity contribution is -0.387. The monoisotopic (exact) mass is 491 g/mol. The van der Waals surface area contributed by atoms with Crippen molar-refractivity contribution in [3.8, 4) is 10.4 Å². The fraction of sp³-hybridized carbons (Fsp3) is 0.190. The summed E-state index contributed by atoms with van der Waals surface area (Å²) in [5.74, 6) is -0.175. The molecule has 1 amide bonds. The highest BCUT2D eigenvalue weighted by atomic mass is 35.5. The van der Waals surface area contributed by atoms with Crippen LogP contribution in [0.3, 0.4) is 0 Å². The van der Waals surface area contributed by atoms with E-state index in [1.807, 2.05) is 24.3 Å². The van der Waals surface area contributed by atoms with Crippen molar-refractivity contribution in [2.24, 2.45) is 0 Å². The molecule has 4 rings (SSSR count). The van der Waals surface area contributed by atoms with E-state index in [4.69, 9.17) is 11.6 Å². The van der Waals surface area contributed by atoms with Crippen LogP contribution in [0.15, 0.2) is 65.6 Å². The maximum atomic E-state index is 13.0. The predicted molar refractivity (Wildman–Crippen MR) is 123 cm³/mol. The molecule has 0 atom stereocenters. The standard InChI is InChI=1S/C21H18ClN3O5S2/c22-16-5-3-4-15(14-16)18-8-9-19(31-18)21(26)23-10-12-24(13-11-23)32(29,30)20-7-2-1-6-17(20)25(27)28/h1-9,14H,10-13H2. The van der Waals surface area contributed by atoms with E-state index in [0.29, 0.717) is 9.90 Å². The topological polar surface area (TPSA) is 101 Å². The van der Waals surface area contributed by atoms with Crippen LogP contribution in [0.2, 0.25) is 5.02 Å². The van der Waals surface area contributed by atoms with E-state index in [0.717, 1.165) is 10.4 Å². The van der Waals surface area contributed by atoms with Crippen LogP contribution in [-0.2, 0) is 10.0 Å². The molecule has 2 heterocycles. The van der Waals surface area contributed by atoms with E-state index in [1.165, 1.54) is 39.9 Å². The zero-order valence-corrected chi connectivity index (χ0v) is 19.1. The summed E-state index contributed by atoms with van der Waals surface area (Å²) in [4.78, 5) is 26.2. The maximum Gasteiger partial charge on any atom is 0.289 e. The Bertz CT molecular complexity index is 1280. The molecular formula is C21H18ClN3O5S2. The lowest BCUT2D eigenvalue weighted by Crippen LogP contribution is -2.50. The minimum absolute atomic E-state index is 0.0622. The van der Waals surface area contributed by atoms with Gasteiger partial charge in [0.15, 0.2) is 4.90 Å². The zero-order valence-electron chi connectivity index (χ0n) is 16.7. The second-order valence-corrected chi connectivity index (χ2v) is 10.5. The number of sulfonamides is 1. The van der Waals surface area contributed by atoms with Gasteiger partial charge in [0.05, 0.1) is 9.80 Å². The number of benzene rings is 2. The average Bonchev–Trinajstić information content (AvgIpc) is 3.29. The Hall–Kier alpha value is -2.79. The number of nitro groups is 1. The summed E-state index contributed by atoms with van der Waals surface area (Å²) in [7, 11) is -4.04. The molecule has 1 aliphatic heterocycles. The van der Waals surface area contributed by atoms with Crippen LogP contribution in [0, 0.1) is 10.1 Å². The summed E-state index contributed by atoms with van der Waals surface area (Å²) in [5.41, 5.74) is 0.458. The van der Waals surface area contributed by atoms with E-state index in [2.05, 4.69) is 0 Å². The first kappa shape index (κ1) is 22.4. The van der Waals surface area contributed by atoms with Gasteiger partial charge in [-0.15, -0.1) is 11.3 Å². The zero-order chi connectivity index (χ0) is 22.9. The van der Waals surface area contributed by atoms with Gasteiger partial charge in [-0.1, -0.05) is 35.9 Å². The third kappa shape index (κ3) is 4.40. The summed E-state index contributed by atoms with van der Waals surface area (Å²) in [6.07, 6.45) is 0. The number of amides is 1. The van der Waals surface area contributed by atoms with Crippen LogP contribution in [0.5, 0.6) is 0 Å². The fourth-order valence-electron chi connectivity index (χ4n) is 3.50. The number of piperazine rings is 1. The quantitative estimate of drug-likeness (QED) is 0.394. The van der Waals surface area contributed by atoms with Gasteiger partial charge in [0.25, 0.3) is 11.6 Å². The van der Waals surface area contributed by atoms with Crippen LogP contribution in [0.4, 0.5) is 5.69 Å². The minimum Gasteiger partial charge on any atom is -0.335 e. The van der Waals surface area contributed by atoms with Crippen LogP contribution in [-0.4, -0.2) is 54.6 Å². The van der Waals surface area contributed by atoms with Crippen LogP contribution in [0.25, 0.3) is 10.4 Å². The molecule has 0 spiro atoms. The van der Waals surface area contributed by atoms with Crippen molar-refractivity contribution in [1.29, 1.82) is 0 Å². The number of carbonyl (C=O) groups excluding carboxylic acids is 1. The first-order valence-electron chi connectivity index (χ1n) is 9.66. The third-order valence-electron chi connectivity index (χ3n) is 5.13.